The first kappa shape index (κ1) is 11.8. The summed E-state index contributed by atoms with van der Waals surface area (Å²) < 4.78 is 14.9. The van der Waals surface area contributed by atoms with Crippen molar-refractivity contribution in [2.75, 3.05) is 0 Å². The van der Waals surface area contributed by atoms with E-state index in [9.17, 15) is 9.50 Å². The van der Waals surface area contributed by atoms with E-state index in [0.717, 1.165) is 17.8 Å². The van der Waals surface area contributed by atoms with E-state index in [4.69, 9.17) is 0 Å². The molecule has 0 aliphatic rings. The maximum absolute atomic E-state index is 13.0. The molecule has 90 valence electrons. The Morgan fingerprint density at radius 2 is 2.29 bits per heavy atom. The molecular formula is C13H15FN2O. The number of aliphatic hydroxyl groups is 1. The predicted molar refractivity (Wildman–Crippen MR) is 63.0 cm³/mol. The van der Waals surface area contributed by atoms with Crippen molar-refractivity contribution in [3.8, 4) is 0 Å². The fraction of sp³-hybridized carbons (Fsp3) is 0.308. The Morgan fingerprint density at radius 1 is 1.47 bits per heavy atom. The van der Waals surface area contributed by atoms with Crippen LogP contribution in [0.4, 0.5) is 4.39 Å². The summed E-state index contributed by atoms with van der Waals surface area (Å²) in [6, 6.07) is 6.29. The van der Waals surface area contributed by atoms with Crippen LogP contribution in [0.5, 0.6) is 0 Å². The number of rotatable bonds is 4. The summed E-state index contributed by atoms with van der Waals surface area (Å²) in [5.41, 5.74) is 1.54. The lowest BCUT2D eigenvalue weighted by molar-refractivity contribution is 0.169. The molecule has 1 aromatic carbocycles. The Labute approximate surface area is 99.5 Å². The van der Waals surface area contributed by atoms with Crippen molar-refractivity contribution >= 4 is 0 Å². The molecule has 0 bridgehead atoms. The molecule has 0 saturated heterocycles. The number of benzene rings is 1. The second-order valence-electron chi connectivity index (χ2n) is 3.95. The Morgan fingerprint density at radius 3 is 3.00 bits per heavy atom. The maximum atomic E-state index is 13.0. The summed E-state index contributed by atoms with van der Waals surface area (Å²) in [7, 11) is 0. The molecule has 0 fully saturated rings. The van der Waals surface area contributed by atoms with E-state index >= 15 is 0 Å². The van der Waals surface area contributed by atoms with Crippen LogP contribution >= 0.6 is 0 Å². The first-order valence-electron chi connectivity index (χ1n) is 5.63. The molecule has 17 heavy (non-hydrogen) atoms. The van der Waals surface area contributed by atoms with Crippen LogP contribution in [0, 0.1) is 5.82 Å². The van der Waals surface area contributed by atoms with Crippen molar-refractivity contribution in [1.82, 2.24) is 9.55 Å². The number of hydrogen-bond acceptors (Lipinski definition) is 2. The zero-order chi connectivity index (χ0) is 12.3. The molecule has 1 unspecified atom stereocenters. The first-order valence-corrected chi connectivity index (χ1v) is 5.63. The van der Waals surface area contributed by atoms with Gasteiger partial charge in [-0.3, -0.25) is 0 Å². The van der Waals surface area contributed by atoms with E-state index in [1.807, 2.05) is 11.5 Å². The third-order valence-electron chi connectivity index (χ3n) is 2.74. The third-order valence-corrected chi connectivity index (χ3v) is 2.74. The molecule has 3 nitrogen and oxygen atoms in total. The van der Waals surface area contributed by atoms with Gasteiger partial charge in [-0.05, 0) is 24.6 Å². The van der Waals surface area contributed by atoms with E-state index in [1.54, 1.807) is 24.7 Å². The van der Waals surface area contributed by atoms with Gasteiger partial charge < -0.3 is 9.67 Å². The minimum atomic E-state index is -0.653. The Balaban J connectivity index is 2.14. The summed E-state index contributed by atoms with van der Waals surface area (Å²) >= 11 is 0. The van der Waals surface area contributed by atoms with Crippen molar-refractivity contribution in [3.63, 3.8) is 0 Å². The van der Waals surface area contributed by atoms with Gasteiger partial charge >= 0.3 is 0 Å². The van der Waals surface area contributed by atoms with Crippen LogP contribution in [0.25, 0.3) is 0 Å². The molecule has 0 radical (unpaired) electrons. The lowest BCUT2D eigenvalue weighted by Gasteiger charge is -2.12. The number of halogens is 1. The van der Waals surface area contributed by atoms with E-state index in [2.05, 4.69) is 4.98 Å². The van der Waals surface area contributed by atoms with E-state index in [0.29, 0.717) is 6.42 Å². The van der Waals surface area contributed by atoms with E-state index in [-0.39, 0.29) is 5.82 Å². The van der Waals surface area contributed by atoms with Crippen molar-refractivity contribution in [2.24, 2.45) is 0 Å². The van der Waals surface area contributed by atoms with Gasteiger partial charge in [0, 0.05) is 13.0 Å². The van der Waals surface area contributed by atoms with Gasteiger partial charge in [0.2, 0.25) is 0 Å². The molecule has 0 spiro atoms. The Hall–Kier alpha value is -1.68. The zero-order valence-corrected chi connectivity index (χ0v) is 9.68. The van der Waals surface area contributed by atoms with Crippen LogP contribution in [0.3, 0.4) is 0 Å². The average molecular weight is 234 g/mol. The van der Waals surface area contributed by atoms with Crippen molar-refractivity contribution in [3.05, 3.63) is 53.9 Å². The second kappa shape index (κ2) is 5.10. The van der Waals surface area contributed by atoms with Crippen LogP contribution in [0.1, 0.15) is 24.3 Å². The molecule has 0 amide bonds. The van der Waals surface area contributed by atoms with Gasteiger partial charge in [-0.1, -0.05) is 12.1 Å². The summed E-state index contributed by atoms with van der Waals surface area (Å²) in [6.07, 6.45) is 3.07. The summed E-state index contributed by atoms with van der Waals surface area (Å²) in [4.78, 5) is 4.00. The van der Waals surface area contributed by atoms with Crippen LogP contribution in [-0.2, 0) is 13.0 Å². The molecule has 2 rings (SSSR count). The molecule has 0 saturated carbocycles. The average Bonchev–Trinajstić information content (AvgIpc) is 2.77. The maximum Gasteiger partial charge on any atom is 0.123 e. The van der Waals surface area contributed by atoms with Gasteiger partial charge in [0.05, 0.1) is 24.3 Å². The molecule has 2 aromatic rings. The third kappa shape index (κ3) is 2.71. The number of aromatic nitrogens is 2. The van der Waals surface area contributed by atoms with Crippen LogP contribution < -0.4 is 0 Å². The van der Waals surface area contributed by atoms with Crippen molar-refractivity contribution in [2.45, 2.75) is 26.0 Å². The first-order chi connectivity index (χ1) is 8.20. The topological polar surface area (TPSA) is 38.0 Å². The highest BCUT2D eigenvalue weighted by Crippen LogP contribution is 2.18. The fourth-order valence-corrected chi connectivity index (χ4v) is 1.86. The fourth-order valence-electron chi connectivity index (χ4n) is 1.86. The molecule has 1 N–H and O–H groups in total. The monoisotopic (exact) mass is 234 g/mol. The summed E-state index contributed by atoms with van der Waals surface area (Å²) in [5.74, 6) is -0.279. The molecule has 0 aliphatic carbocycles. The van der Waals surface area contributed by atoms with E-state index in [1.165, 1.54) is 12.1 Å². The van der Waals surface area contributed by atoms with Crippen molar-refractivity contribution in [1.29, 1.82) is 0 Å². The quantitative estimate of drug-likeness (QED) is 0.881. The number of aryl methyl sites for hydroxylation is 1. The lowest BCUT2D eigenvalue weighted by Crippen LogP contribution is -2.08. The van der Waals surface area contributed by atoms with Crippen LogP contribution in [0.15, 0.2) is 36.8 Å². The van der Waals surface area contributed by atoms with Crippen LogP contribution in [0.2, 0.25) is 0 Å². The van der Waals surface area contributed by atoms with E-state index < -0.39 is 6.10 Å². The molecule has 1 aromatic heterocycles. The van der Waals surface area contributed by atoms with Gasteiger partial charge in [-0.15, -0.1) is 0 Å². The van der Waals surface area contributed by atoms with Gasteiger partial charge in [-0.25, -0.2) is 9.37 Å². The molecule has 4 heteroatoms. The molecule has 1 heterocycles. The predicted octanol–water partition coefficient (Wildman–Crippen LogP) is 2.32. The van der Waals surface area contributed by atoms with Crippen molar-refractivity contribution < 1.29 is 9.50 Å². The normalized spacial score (nSPS) is 12.6. The highest BCUT2D eigenvalue weighted by molar-refractivity contribution is 5.19. The lowest BCUT2D eigenvalue weighted by atomic mass is 10.1. The smallest absolute Gasteiger partial charge is 0.123 e. The van der Waals surface area contributed by atoms with Gasteiger partial charge in [0.1, 0.15) is 5.82 Å². The van der Waals surface area contributed by atoms with Crippen LogP contribution in [-0.4, -0.2) is 14.7 Å². The number of hydrogen-bond donors (Lipinski definition) is 1. The minimum Gasteiger partial charge on any atom is -0.386 e. The Bertz CT molecular complexity index is 496. The number of aliphatic hydroxyl groups excluding tert-OH is 1. The Kier molecular flexibility index (Phi) is 3.54. The summed E-state index contributed by atoms with van der Waals surface area (Å²) in [5, 5.41) is 10.1. The molecule has 1 atom stereocenters. The molecular weight excluding hydrogens is 219 g/mol. The number of imidazole rings is 1. The van der Waals surface area contributed by atoms with Gasteiger partial charge in [0.25, 0.3) is 0 Å². The minimum absolute atomic E-state index is 0.279. The zero-order valence-electron chi connectivity index (χ0n) is 9.68. The summed E-state index contributed by atoms with van der Waals surface area (Å²) in [6.45, 7) is 2.75. The van der Waals surface area contributed by atoms with Gasteiger partial charge in [0.15, 0.2) is 0 Å². The number of nitrogens with zero attached hydrogens (tertiary/aromatic N) is 2. The second-order valence-corrected chi connectivity index (χ2v) is 3.95. The standard InChI is InChI=1S/C13H15FN2O/c1-2-16-9-15-8-12(16)13(17)7-10-4-3-5-11(14)6-10/h3-6,8-9,13,17H,2,7H2,1H3. The molecule has 0 aliphatic heterocycles. The SMILES string of the molecule is CCn1cncc1C(O)Cc1cccc(F)c1. The highest BCUT2D eigenvalue weighted by atomic mass is 19.1. The van der Waals surface area contributed by atoms with Gasteiger partial charge in [-0.2, -0.15) is 0 Å². The highest BCUT2D eigenvalue weighted by Gasteiger charge is 2.13. The largest absolute Gasteiger partial charge is 0.386 e.